The molecule has 3 atom stereocenters. The van der Waals surface area contributed by atoms with E-state index in [0.717, 1.165) is 0 Å². The van der Waals surface area contributed by atoms with Crippen molar-refractivity contribution in [3.05, 3.63) is 12.7 Å². The Morgan fingerprint density at radius 3 is 2.00 bits per heavy atom. The van der Waals surface area contributed by atoms with Gasteiger partial charge in [0.15, 0.2) is 0 Å². The Bertz CT molecular complexity index is 426. The van der Waals surface area contributed by atoms with Crippen LogP contribution in [0.4, 0.5) is 0 Å². The molecule has 0 aromatic carbocycles. The summed E-state index contributed by atoms with van der Waals surface area (Å²) in [7, 11) is 0. The molecular weight excluding hydrogens is 284 g/mol. The van der Waals surface area contributed by atoms with E-state index in [4.69, 9.17) is 4.74 Å². The number of nitrogens with one attached hydrogen (secondary N) is 2. The molecule has 6 nitrogen and oxygen atoms in total. The van der Waals surface area contributed by atoms with Crippen LogP contribution >= 0.6 is 0 Å². The van der Waals surface area contributed by atoms with Gasteiger partial charge in [0.1, 0.15) is 18.7 Å². The molecule has 0 saturated heterocycles. The first kappa shape index (κ1) is 20.1. The van der Waals surface area contributed by atoms with Crippen molar-refractivity contribution in [3.63, 3.8) is 0 Å². The third-order valence-corrected chi connectivity index (χ3v) is 3.50. The van der Waals surface area contributed by atoms with E-state index in [1.807, 2.05) is 27.7 Å². The molecule has 0 aliphatic rings. The first-order valence-electron chi connectivity index (χ1n) is 7.39. The number of amides is 2. The lowest BCUT2D eigenvalue weighted by Gasteiger charge is -2.27. The standard InChI is InChI=1S/C16H28N2O4/c1-8-9-22-15(21)12(4)18-14(20)11(3)17-13(19)10(2)16(5,6)7/h8,10-12H,1,9H2,2-7H3,(H,17,19)(H,18,20). The SMILES string of the molecule is C=CCOC(=O)C(C)NC(=O)C(C)NC(=O)C(C)C(C)(C)C. The quantitative estimate of drug-likeness (QED) is 0.550. The molecule has 0 aromatic rings. The maximum absolute atomic E-state index is 12.1. The van der Waals surface area contributed by atoms with Crippen LogP contribution in [0.15, 0.2) is 12.7 Å². The van der Waals surface area contributed by atoms with Crippen molar-refractivity contribution in [3.8, 4) is 0 Å². The summed E-state index contributed by atoms with van der Waals surface area (Å²) < 4.78 is 4.84. The van der Waals surface area contributed by atoms with Gasteiger partial charge in [-0.1, -0.05) is 40.3 Å². The summed E-state index contributed by atoms with van der Waals surface area (Å²) in [5.41, 5.74) is -0.192. The number of esters is 1. The van der Waals surface area contributed by atoms with Crippen LogP contribution < -0.4 is 10.6 Å². The molecule has 0 saturated carbocycles. The Morgan fingerprint density at radius 2 is 1.55 bits per heavy atom. The number of carbonyl (C=O) groups excluding carboxylic acids is 3. The summed E-state index contributed by atoms with van der Waals surface area (Å²) >= 11 is 0. The smallest absolute Gasteiger partial charge is 0.328 e. The summed E-state index contributed by atoms with van der Waals surface area (Å²) in [6.07, 6.45) is 1.45. The Morgan fingerprint density at radius 1 is 1.05 bits per heavy atom. The topological polar surface area (TPSA) is 84.5 Å². The van der Waals surface area contributed by atoms with E-state index in [-0.39, 0.29) is 23.8 Å². The fraction of sp³-hybridized carbons (Fsp3) is 0.688. The van der Waals surface area contributed by atoms with E-state index >= 15 is 0 Å². The zero-order chi connectivity index (χ0) is 17.5. The Hall–Kier alpha value is -1.85. The highest BCUT2D eigenvalue weighted by atomic mass is 16.5. The van der Waals surface area contributed by atoms with Crippen LogP contribution in [0.5, 0.6) is 0 Å². The van der Waals surface area contributed by atoms with E-state index < -0.39 is 24.0 Å². The Balaban J connectivity index is 4.46. The second-order valence-electron chi connectivity index (χ2n) is 6.47. The molecule has 0 aliphatic heterocycles. The second-order valence-corrected chi connectivity index (χ2v) is 6.47. The predicted molar refractivity (Wildman–Crippen MR) is 85.0 cm³/mol. The van der Waals surface area contributed by atoms with Gasteiger partial charge < -0.3 is 15.4 Å². The number of carbonyl (C=O) groups is 3. The molecule has 0 spiro atoms. The average molecular weight is 312 g/mol. The van der Waals surface area contributed by atoms with E-state index in [0.29, 0.717) is 0 Å². The highest BCUT2D eigenvalue weighted by molar-refractivity contribution is 5.90. The lowest BCUT2D eigenvalue weighted by Crippen LogP contribution is -2.51. The maximum atomic E-state index is 12.1. The largest absolute Gasteiger partial charge is 0.460 e. The molecule has 3 unspecified atom stereocenters. The molecule has 0 rings (SSSR count). The van der Waals surface area contributed by atoms with E-state index in [1.165, 1.54) is 13.0 Å². The number of ether oxygens (including phenoxy) is 1. The van der Waals surface area contributed by atoms with Gasteiger partial charge in [-0.3, -0.25) is 9.59 Å². The number of rotatable bonds is 7. The zero-order valence-electron chi connectivity index (χ0n) is 14.4. The summed E-state index contributed by atoms with van der Waals surface area (Å²) in [6, 6.07) is -1.52. The van der Waals surface area contributed by atoms with Crippen molar-refractivity contribution in [1.82, 2.24) is 10.6 Å². The van der Waals surface area contributed by atoms with Crippen molar-refractivity contribution in [2.24, 2.45) is 11.3 Å². The van der Waals surface area contributed by atoms with Gasteiger partial charge in [0, 0.05) is 5.92 Å². The monoisotopic (exact) mass is 312 g/mol. The molecule has 0 aromatic heterocycles. The van der Waals surface area contributed by atoms with Gasteiger partial charge >= 0.3 is 5.97 Å². The van der Waals surface area contributed by atoms with Gasteiger partial charge in [0.2, 0.25) is 11.8 Å². The minimum Gasteiger partial charge on any atom is -0.460 e. The molecule has 6 heteroatoms. The molecule has 0 heterocycles. The van der Waals surface area contributed by atoms with Crippen LogP contribution in [0, 0.1) is 11.3 Å². The fourth-order valence-electron chi connectivity index (χ4n) is 1.46. The molecule has 2 amide bonds. The van der Waals surface area contributed by atoms with E-state index in [9.17, 15) is 14.4 Å². The average Bonchev–Trinajstić information content (AvgIpc) is 2.42. The maximum Gasteiger partial charge on any atom is 0.328 e. The normalized spacial score (nSPS) is 15.2. The van der Waals surface area contributed by atoms with Crippen molar-refractivity contribution in [1.29, 1.82) is 0 Å². The fourth-order valence-corrected chi connectivity index (χ4v) is 1.46. The van der Waals surface area contributed by atoms with Crippen LogP contribution in [-0.2, 0) is 19.1 Å². The van der Waals surface area contributed by atoms with Crippen molar-refractivity contribution in [2.75, 3.05) is 6.61 Å². The Labute approximate surface area is 132 Å². The van der Waals surface area contributed by atoms with Crippen LogP contribution in [0.25, 0.3) is 0 Å². The lowest BCUT2D eigenvalue weighted by atomic mass is 9.81. The van der Waals surface area contributed by atoms with Gasteiger partial charge in [0.25, 0.3) is 0 Å². The van der Waals surface area contributed by atoms with Gasteiger partial charge in [0.05, 0.1) is 0 Å². The van der Waals surface area contributed by atoms with E-state index in [2.05, 4.69) is 17.2 Å². The van der Waals surface area contributed by atoms with Gasteiger partial charge in [-0.15, -0.1) is 0 Å². The Kier molecular flexibility index (Phi) is 7.84. The van der Waals surface area contributed by atoms with Crippen molar-refractivity contribution in [2.45, 2.75) is 53.6 Å². The second kappa shape index (κ2) is 8.56. The number of hydrogen-bond acceptors (Lipinski definition) is 4. The van der Waals surface area contributed by atoms with Crippen LogP contribution in [0.3, 0.4) is 0 Å². The van der Waals surface area contributed by atoms with Crippen molar-refractivity contribution < 1.29 is 19.1 Å². The van der Waals surface area contributed by atoms with Crippen LogP contribution in [-0.4, -0.2) is 36.5 Å². The van der Waals surface area contributed by atoms with Crippen LogP contribution in [0.1, 0.15) is 41.5 Å². The number of hydrogen-bond donors (Lipinski definition) is 2. The molecule has 2 N–H and O–H groups in total. The minimum absolute atomic E-state index is 0.0917. The van der Waals surface area contributed by atoms with Gasteiger partial charge in [-0.05, 0) is 19.3 Å². The third-order valence-electron chi connectivity index (χ3n) is 3.50. The summed E-state index contributed by atoms with van der Waals surface area (Å²) in [5, 5.41) is 5.16. The van der Waals surface area contributed by atoms with Crippen molar-refractivity contribution >= 4 is 17.8 Å². The summed E-state index contributed by atoms with van der Waals surface area (Å²) in [6.45, 7) is 14.3. The lowest BCUT2D eigenvalue weighted by molar-refractivity contribution is -0.146. The first-order valence-corrected chi connectivity index (χ1v) is 7.39. The summed E-state index contributed by atoms with van der Waals surface area (Å²) in [5.74, 6) is -1.41. The highest BCUT2D eigenvalue weighted by Gasteiger charge is 2.29. The van der Waals surface area contributed by atoms with Gasteiger partial charge in [-0.2, -0.15) is 0 Å². The summed E-state index contributed by atoms with van der Waals surface area (Å²) in [4.78, 5) is 35.6. The molecule has 22 heavy (non-hydrogen) atoms. The molecule has 0 fully saturated rings. The molecular formula is C16H28N2O4. The third kappa shape index (κ3) is 6.74. The van der Waals surface area contributed by atoms with E-state index in [1.54, 1.807) is 6.92 Å². The van der Waals surface area contributed by atoms with Crippen LogP contribution in [0.2, 0.25) is 0 Å². The van der Waals surface area contributed by atoms with Gasteiger partial charge in [-0.25, -0.2) is 4.79 Å². The molecule has 0 aliphatic carbocycles. The molecule has 126 valence electrons. The minimum atomic E-state index is -0.785. The molecule has 0 radical (unpaired) electrons. The zero-order valence-corrected chi connectivity index (χ0v) is 14.4. The first-order chi connectivity index (χ1) is 10.0. The predicted octanol–water partition coefficient (Wildman–Crippen LogP) is 1.41. The molecule has 0 bridgehead atoms. The highest BCUT2D eigenvalue weighted by Crippen LogP contribution is 2.25.